The van der Waals surface area contributed by atoms with Gasteiger partial charge in [-0.2, -0.15) is 10.2 Å². The van der Waals surface area contributed by atoms with Crippen molar-refractivity contribution in [2.24, 2.45) is 11.3 Å². The van der Waals surface area contributed by atoms with Crippen molar-refractivity contribution < 1.29 is 13.7 Å². The molecule has 8 nitrogen and oxygen atoms in total. The summed E-state index contributed by atoms with van der Waals surface area (Å²) in [6.45, 7) is 18.9. The summed E-state index contributed by atoms with van der Waals surface area (Å²) in [6.07, 6.45) is 5.88. The quantitative estimate of drug-likeness (QED) is 0.315. The van der Waals surface area contributed by atoms with Crippen molar-refractivity contribution in [3.05, 3.63) is 34.5 Å². The van der Waals surface area contributed by atoms with E-state index in [-0.39, 0.29) is 22.4 Å². The summed E-state index contributed by atoms with van der Waals surface area (Å²) in [5.41, 5.74) is 3.36. The number of benzene rings is 1. The number of hydrogen-bond acceptors (Lipinski definition) is 8. The predicted octanol–water partition coefficient (Wildman–Crippen LogP) is 6.97. The van der Waals surface area contributed by atoms with E-state index in [1.807, 2.05) is 19.1 Å². The lowest BCUT2D eigenvalue weighted by atomic mass is 9.73. The third kappa shape index (κ3) is 7.82. The average Bonchev–Trinajstić information content (AvgIpc) is 2.89. The zero-order chi connectivity index (χ0) is 30.0. The standard InChI is InChI=1S/C30H45BClN5O3Si/c1-20-16-34-28(37-27(20)36-25-12-10-9-11-21(25)15-33)35-23-13-22(17-40-41(7,8)29(2,3)4)26(24(32)14-23)31-38-18-30(5,6)19-39-31/h13-14,16,21,25H,9-12,17-19H2,1-8H3,(H2,34,35,36,37). The molecule has 222 valence electrons. The highest BCUT2D eigenvalue weighted by Crippen LogP contribution is 2.37. The molecule has 0 spiro atoms. The van der Waals surface area contributed by atoms with Gasteiger partial charge in [-0.15, -0.1) is 0 Å². The van der Waals surface area contributed by atoms with Crippen LogP contribution in [0.1, 0.15) is 71.4 Å². The van der Waals surface area contributed by atoms with Crippen LogP contribution in [0.4, 0.5) is 17.5 Å². The second kappa shape index (κ2) is 12.6. The number of anilines is 3. The number of aryl methyl sites for hydroxylation is 1. The molecule has 1 aliphatic carbocycles. The molecule has 1 saturated heterocycles. The van der Waals surface area contributed by atoms with E-state index in [0.29, 0.717) is 30.8 Å². The zero-order valence-electron chi connectivity index (χ0n) is 25.9. The van der Waals surface area contributed by atoms with E-state index < -0.39 is 15.4 Å². The fourth-order valence-corrected chi connectivity index (χ4v) is 6.15. The summed E-state index contributed by atoms with van der Waals surface area (Å²) in [4.78, 5) is 9.30. The lowest BCUT2D eigenvalue weighted by Crippen LogP contribution is -2.49. The highest BCUT2D eigenvalue weighted by molar-refractivity contribution is 6.74. The Labute approximate surface area is 252 Å². The van der Waals surface area contributed by atoms with Crippen LogP contribution in [-0.2, 0) is 20.3 Å². The first kappa shape index (κ1) is 31.8. The molecule has 1 aliphatic heterocycles. The number of aromatic nitrogens is 2. The summed E-state index contributed by atoms with van der Waals surface area (Å²) in [5.74, 6) is 1.18. The molecule has 2 fully saturated rings. The van der Waals surface area contributed by atoms with Gasteiger partial charge in [-0.05, 0) is 55.6 Å². The Bertz CT molecular complexity index is 1270. The number of nitrogens with one attached hydrogen (secondary N) is 2. The van der Waals surface area contributed by atoms with Gasteiger partial charge in [-0.1, -0.05) is 59.1 Å². The van der Waals surface area contributed by atoms with Crippen molar-refractivity contribution in [1.29, 1.82) is 5.26 Å². The van der Waals surface area contributed by atoms with Crippen LogP contribution in [0.5, 0.6) is 0 Å². The van der Waals surface area contributed by atoms with Gasteiger partial charge in [0, 0.05) is 52.6 Å². The monoisotopic (exact) mass is 597 g/mol. The second-order valence-corrected chi connectivity index (χ2v) is 19.0. The van der Waals surface area contributed by atoms with Crippen molar-refractivity contribution in [3.8, 4) is 6.07 Å². The highest BCUT2D eigenvalue weighted by atomic mass is 35.5. The fourth-order valence-electron chi connectivity index (χ4n) is 4.88. The Hall–Kier alpha value is -2.16. The average molecular weight is 598 g/mol. The number of nitriles is 1. The van der Waals surface area contributed by atoms with Gasteiger partial charge in [0.05, 0.1) is 18.6 Å². The fraction of sp³-hybridized carbons (Fsp3) is 0.633. The van der Waals surface area contributed by atoms with Gasteiger partial charge in [0.1, 0.15) is 5.82 Å². The van der Waals surface area contributed by atoms with Gasteiger partial charge in [0.25, 0.3) is 0 Å². The van der Waals surface area contributed by atoms with Crippen molar-refractivity contribution in [2.45, 2.75) is 98.0 Å². The molecule has 2 heterocycles. The van der Waals surface area contributed by atoms with E-state index in [0.717, 1.165) is 53.8 Å². The molecule has 1 aromatic carbocycles. The first-order valence-electron chi connectivity index (χ1n) is 14.7. The molecule has 2 aliphatic rings. The van der Waals surface area contributed by atoms with Crippen molar-refractivity contribution in [2.75, 3.05) is 23.8 Å². The molecular weight excluding hydrogens is 553 g/mol. The van der Waals surface area contributed by atoms with Crippen molar-refractivity contribution in [3.63, 3.8) is 0 Å². The Balaban J connectivity index is 1.61. The van der Waals surface area contributed by atoms with Crippen LogP contribution in [0.15, 0.2) is 18.3 Å². The Kier molecular flexibility index (Phi) is 9.77. The molecule has 41 heavy (non-hydrogen) atoms. The van der Waals surface area contributed by atoms with Crippen LogP contribution in [-0.4, -0.2) is 44.7 Å². The summed E-state index contributed by atoms with van der Waals surface area (Å²) < 4.78 is 18.9. The maximum absolute atomic E-state index is 9.62. The first-order chi connectivity index (χ1) is 19.2. The van der Waals surface area contributed by atoms with Crippen LogP contribution >= 0.6 is 11.6 Å². The molecule has 2 N–H and O–H groups in total. The summed E-state index contributed by atoms with van der Waals surface area (Å²) in [6, 6.07) is 6.45. The van der Waals surface area contributed by atoms with E-state index >= 15 is 0 Å². The summed E-state index contributed by atoms with van der Waals surface area (Å²) >= 11 is 6.93. The molecule has 1 saturated carbocycles. The lowest BCUT2D eigenvalue weighted by Gasteiger charge is -2.37. The van der Waals surface area contributed by atoms with Crippen LogP contribution in [0.25, 0.3) is 0 Å². The van der Waals surface area contributed by atoms with Gasteiger partial charge in [0.2, 0.25) is 5.95 Å². The molecule has 0 bridgehead atoms. The molecule has 0 radical (unpaired) electrons. The predicted molar refractivity (Wildman–Crippen MR) is 170 cm³/mol. The maximum Gasteiger partial charge on any atom is 0.495 e. The Morgan fingerprint density at radius 2 is 1.88 bits per heavy atom. The molecule has 2 unspecified atom stereocenters. The van der Waals surface area contributed by atoms with Crippen LogP contribution in [0.2, 0.25) is 23.2 Å². The van der Waals surface area contributed by atoms with E-state index in [4.69, 9.17) is 30.3 Å². The van der Waals surface area contributed by atoms with Gasteiger partial charge < -0.3 is 24.4 Å². The Morgan fingerprint density at radius 1 is 1.20 bits per heavy atom. The SMILES string of the molecule is Cc1cnc(Nc2cc(Cl)c(B3OCC(C)(C)CO3)c(CO[Si](C)(C)C(C)(C)C)c2)nc1NC1CCCCC1C#N. The topological polar surface area (TPSA) is 101 Å². The van der Waals surface area contributed by atoms with Crippen molar-refractivity contribution in [1.82, 2.24) is 9.97 Å². The normalized spacial score (nSPS) is 21.3. The van der Waals surface area contributed by atoms with E-state index in [2.05, 4.69) is 69.4 Å². The minimum Gasteiger partial charge on any atom is -0.413 e. The van der Waals surface area contributed by atoms with Crippen LogP contribution in [0, 0.1) is 29.6 Å². The summed E-state index contributed by atoms with van der Waals surface area (Å²) in [5, 5.41) is 17.1. The number of nitrogens with zero attached hydrogens (tertiary/aromatic N) is 3. The molecule has 1 aromatic heterocycles. The highest BCUT2D eigenvalue weighted by Gasteiger charge is 2.39. The van der Waals surface area contributed by atoms with E-state index in [9.17, 15) is 5.26 Å². The van der Waals surface area contributed by atoms with Gasteiger partial charge in [-0.3, -0.25) is 0 Å². The van der Waals surface area contributed by atoms with Gasteiger partial charge >= 0.3 is 7.12 Å². The second-order valence-electron chi connectivity index (χ2n) is 13.8. The minimum absolute atomic E-state index is 0.0147. The maximum atomic E-state index is 9.62. The Morgan fingerprint density at radius 3 is 2.54 bits per heavy atom. The summed E-state index contributed by atoms with van der Waals surface area (Å²) in [7, 11) is -2.60. The van der Waals surface area contributed by atoms with Crippen molar-refractivity contribution >= 4 is 50.0 Å². The molecule has 4 rings (SSSR count). The number of halogens is 1. The molecule has 2 aromatic rings. The van der Waals surface area contributed by atoms with Gasteiger partial charge in [0.15, 0.2) is 8.32 Å². The lowest BCUT2D eigenvalue weighted by molar-refractivity contribution is 0.0342. The third-order valence-corrected chi connectivity index (χ3v) is 13.4. The minimum atomic E-state index is -2.04. The molecule has 11 heteroatoms. The van der Waals surface area contributed by atoms with Crippen LogP contribution < -0.4 is 16.1 Å². The molecule has 0 amide bonds. The molecule has 2 atom stereocenters. The molecular formula is C30H45BClN5O3Si. The smallest absolute Gasteiger partial charge is 0.413 e. The zero-order valence-corrected chi connectivity index (χ0v) is 27.6. The van der Waals surface area contributed by atoms with Gasteiger partial charge in [-0.25, -0.2) is 4.98 Å². The largest absolute Gasteiger partial charge is 0.495 e. The first-order valence-corrected chi connectivity index (χ1v) is 17.9. The van der Waals surface area contributed by atoms with Crippen LogP contribution in [0.3, 0.4) is 0 Å². The van der Waals surface area contributed by atoms with E-state index in [1.165, 1.54) is 0 Å². The third-order valence-electron chi connectivity index (χ3n) is 8.58. The van der Waals surface area contributed by atoms with E-state index in [1.54, 1.807) is 6.20 Å². The number of hydrogen-bond donors (Lipinski definition) is 2. The number of rotatable bonds is 8.